The summed E-state index contributed by atoms with van der Waals surface area (Å²) in [5.41, 5.74) is 1.12. The summed E-state index contributed by atoms with van der Waals surface area (Å²) in [7, 11) is 1.56. The maximum Gasteiger partial charge on any atom is 0.306 e. The molecule has 0 aliphatic rings. The van der Waals surface area contributed by atoms with E-state index in [2.05, 4.69) is 10.1 Å². The number of H-pyrrole nitrogens is 2. The number of pyridine rings is 1. The maximum atomic E-state index is 12.9. The van der Waals surface area contributed by atoms with Crippen molar-refractivity contribution < 1.29 is 14.3 Å². The Bertz CT molecular complexity index is 1090. The lowest BCUT2D eigenvalue weighted by molar-refractivity contribution is -0.143. The van der Waals surface area contributed by atoms with E-state index in [1.54, 1.807) is 45.2 Å². The fourth-order valence-corrected chi connectivity index (χ4v) is 3.00. The summed E-state index contributed by atoms with van der Waals surface area (Å²) in [5.74, 6) is 0.289. The third-order valence-electron chi connectivity index (χ3n) is 4.37. The van der Waals surface area contributed by atoms with E-state index in [1.165, 1.54) is 4.68 Å². The molecule has 8 heteroatoms. The Labute approximate surface area is 154 Å². The molecule has 2 N–H and O–H groups in total. The molecule has 27 heavy (non-hydrogen) atoms. The molecule has 142 valence electrons. The van der Waals surface area contributed by atoms with Crippen LogP contribution in [0.25, 0.3) is 16.7 Å². The molecule has 0 aliphatic heterocycles. The zero-order valence-corrected chi connectivity index (χ0v) is 15.4. The number of hydrogen-bond acceptors (Lipinski definition) is 5. The SMILES string of the molecule is CCOC(=O)CCc1c(C)[nH]c2[nH]n(-c3ccc(OC)cc3)c(=O)c2c1=O. The van der Waals surface area contributed by atoms with Crippen LogP contribution in [0.5, 0.6) is 5.75 Å². The number of aromatic amines is 2. The minimum atomic E-state index is -0.450. The summed E-state index contributed by atoms with van der Waals surface area (Å²) in [4.78, 5) is 40.3. The van der Waals surface area contributed by atoms with Crippen LogP contribution in [0.15, 0.2) is 33.9 Å². The van der Waals surface area contributed by atoms with Crippen LogP contribution >= 0.6 is 0 Å². The molecular formula is C19H21N3O5. The molecule has 3 rings (SSSR count). The first kappa shape index (κ1) is 18.5. The standard InChI is InChI=1S/C19H21N3O5/c1-4-27-15(23)10-9-14-11(2)20-18-16(17(14)24)19(25)22(21-18)12-5-7-13(26-3)8-6-12/h5-8H,4,9-10H2,1-3H3,(H2,20,21,24). The summed E-state index contributed by atoms with van der Waals surface area (Å²) in [6, 6.07) is 6.89. The predicted molar refractivity (Wildman–Crippen MR) is 101 cm³/mol. The molecule has 0 fully saturated rings. The van der Waals surface area contributed by atoms with Crippen LogP contribution in [0.1, 0.15) is 24.6 Å². The monoisotopic (exact) mass is 371 g/mol. The van der Waals surface area contributed by atoms with Crippen molar-refractivity contribution in [3.63, 3.8) is 0 Å². The number of methoxy groups -OCH3 is 1. The maximum absolute atomic E-state index is 12.9. The van der Waals surface area contributed by atoms with Crippen LogP contribution in [0, 0.1) is 6.92 Å². The van der Waals surface area contributed by atoms with Gasteiger partial charge in [0, 0.05) is 17.7 Å². The molecule has 0 unspecified atom stereocenters. The van der Waals surface area contributed by atoms with Gasteiger partial charge in [-0.1, -0.05) is 0 Å². The lowest BCUT2D eigenvalue weighted by atomic mass is 10.1. The Balaban J connectivity index is 2.05. The topological polar surface area (TPSA) is 106 Å². The number of benzene rings is 1. The molecule has 8 nitrogen and oxygen atoms in total. The minimum absolute atomic E-state index is 0.0373. The second-order valence-electron chi connectivity index (χ2n) is 6.06. The largest absolute Gasteiger partial charge is 0.497 e. The number of nitrogens with one attached hydrogen (secondary N) is 2. The third-order valence-corrected chi connectivity index (χ3v) is 4.37. The predicted octanol–water partition coefficient (Wildman–Crippen LogP) is 1.82. The Morgan fingerprint density at radius 2 is 1.89 bits per heavy atom. The van der Waals surface area contributed by atoms with Crippen molar-refractivity contribution in [1.29, 1.82) is 0 Å². The van der Waals surface area contributed by atoms with Gasteiger partial charge in [0.25, 0.3) is 5.56 Å². The summed E-state index contributed by atoms with van der Waals surface area (Å²) < 4.78 is 11.3. The number of hydrogen-bond donors (Lipinski definition) is 2. The zero-order chi connectivity index (χ0) is 19.6. The highest BCUT2D eigenvalue weighted by Crippen LogP contribution is 2.15. The summed E-state index contributed by atoms with van der Waals surface area (Å²) in [5, 5.41) is 2.97. The number of carbonyl (C=O) groups excluding carboxylic acids is 1. The summed E-state index contributed by atoms with van der Waals surface area (Å²) in [6.07, 6.45) is 0.295. The van der Waals surface area contributed by atoms with Crippen molar-refractivity contribution in [3.05, 3.63) is 56.1 Å². The van der Waals surface area contributed by atoms with Crippen LogP contribution in [0.4, 0.5) is 0 Å². The van der Waals surface area contributed by atoms with Gasteiger partial charge >= 0.3 is 5.97 Å². The van der Waals surface area contributed by atoms with Gasteiger partial charge in [0.2, 0.25) is 0 Å². The van der Waals surface area contributed by atoms with E-state index in [4.69, 9.17) is 9.47 Å². The van der Waals surface area contributed by atoms with Gasteiger partial charge in [-0.2, -0.15) is 0 Å². The van der Waals surface area contributed by atoms with E-state index >= 15 is 0 Å². The fraction of sp³-hybridized carbons (Fsp3) is 0.316. The van der Waals surface area contributed by atoms with Gasteiger partial charge < -0.3 is 14.5 Å². The number of carbonyl (C=O) groups is 1. The van der Waals surface area contributed by atoms with Crippen molar-refractivity contribution in [2.24, 2.45) is 0 Å². The van der Waals surface area contributed by atoms with Crippen molar-refractivity contribution in [2.75, 3.05) is 13.7 Å². The summed E-state index contributed by atoms with van der Waals surface area (Å²) in [6.45, 7) is 3.76. The van der Waals surface area contributed by atoms with Crippen LogP contribution < -0.4 is 15.7 Å². The average Bonchev–Trinajstić information content (AvgIpc) is 2.98. The molecule has 0 aliphatic carbocycles. The van der Waals surface area contributed by atoms with Gasteiger partial charge in [-0.15, -0.1) is 0 Å². The highest BCUT2D eigenvalue weighted by Gasteiger charge is 2.18. The molecule has 2 aromatic heterocycles. The molecule has 0 amide bonds. The van der Waals surface area contributed by atoms with Gasteiger partial charge in [0.15, 0.2) is 5.43 Å². The second-order valence-corrected chi connectivity index (χ2v) is 6.06. The van der Waals surface area contributed by atoms with E-state index in [9.17, 15) is 14.4 Å². The number of rotatable bonds is 6. The van der Waals surface area contributed by atoms with Crippen LogP contribution in [0.3, 0.4) is 0 Å². The van der Waals surface area contributed by atoms with Crippen molar-refractivity contribution in [1.82, 2.24) is 14.8 Å². The second kappa shape index (κ2) is 7.53. The average molecular weight is 371 g/mol. The lowest BCUT2D eigenvalue weighted by Gasteiger charge is -2.05. The third kappa shape index (κ3) is 3.51. The van der Waals surface area contributed by atoms with E-state index in [1.807, 2.05) is 0 Å². The quantitative estimate of drug-likeness (QED) is 0.643. The van der Waals surface area contributed by atoms with E-state index in [0.717, 1.165) is 0 Å². The number of nitrogens with zero attached hydrogens (tertiary/aromatic N) is 1. The molecule has 1 aromatic carbocycles. The van der Waals surface area contributed by atoms with Crippen molar-refractivity contribution in [2.45, 2.75) is 26.7 Å². The number of aryl methyl sites for hydroxylation is 1. The van der Waals surface area contributed by atoms with Crippen molar-refractivity contribution in [3.8, 4) is 11.4 Å². The zero-order valence-electron chi connectivity index (χ0n) is 15.4. The van der Waals surface area contributed by atoms with Crippen LogP contribution in [0.2, 0.25) is 0 Å². The van der Waals surface area contributed by atoms with Gasteiger partial charge in [-0.3, -0.25) is 19.5 Å². The van der Waals surface area contributed by atoms with E-state index in [0.29, 0.717) is 28.3 Å². The Hall–Kier alpha value is -3.29. The van der Waals surface area contributed by atoms with Gasteiger partial charge in [0.05, 0.1) is 19.4 Å². The Morgan fingerprint density at radius 1 is 1.19 bits per heavy atom. The first-order valence-corrected chi connectivity index (χ1v) is 8.62. The van der Waals surface area contributed by atoms with E-state index < -0.39 is 5.56 Å². The van der Waals surface area contributed by atoms with E-state index in [-0.39, 0.29) is 36.2 Å². The molecule has 0 spiro atoms. The van der Waals surface area contributed by atoms with Crippen molar-refractivity contribution >= 4 is 17.0 Å². The fourth-order valence-electron chi connectivity index (χ4n) is 3.00. The number of aromatic nitrogens is 3. The Morgan fingerprint density at radius 3 is 2.52 bits per heavy atom. The highest BCUT2D eigenvalue weighted by atomic mass is 16.5. The first-order chi connectivity index (χ1) is 13.0. The molecule has 2 heterocycles. The number of ether oxygens (including phenoxy) is 2. The van der Waals surface area contributed by atoms with Crippen LogP contribution in [-0.4, -0.2) is 34.5 Å². The first-order valence-electron chi connectivity index (χ1n) is 8.62. The molecule has 0 radical (unpaired) electrons. The smallest absolute Gasteiger partial charge is 0.306 e. The molecule has 0 saturated carbocycles. The molecule has 3 aromatic rings. The lowest BCUT2D eigenvalue weighted by Crippen LogP contribution is -2.21. The molecule has 0 saturated heterocycles. The molecular weight excluding hydrogens is 350 g/mol. The van der Waals surface area contributed by atoms with Crippen LogP contribution in [-0.2, 0) is 16.0 Å². The number of fused-ring (bicyclic) bond motifs is 1. The minimum Gasteiger partial charge on any atom is -0.497 e. The van der Waals surface area contributed by atoms with Gasteiger partial charge in [0.1, 0.15) is 16.8 Å². The molecule has 0 atom stereocenters. The normalized spacial score (nSPS) is 10.9. The summed E-state index contributed by atoms with van der Waals surface area (Å²) >= 11 is 0. The highest BCUT2D eigenvalue weighted by molar-refractivity contribution is 5.76. The van der Waals surface area contributed by atoms with Gasteiger partial charge in [-0.05, 0) is 44.5 Å². The Kier molecular flexibility index (Phi) is 5.16. The number of esters is 1. The van der Waals surface area contributed by atoms with Gasteiger partial charge in [-0.25, -0.2) is 4.68 Å². The molecule has 0 bridgehead atoms.